The van der Waals surface area contributed by atoms with Crippen molar-refractivity contribution in [2.24, 2.45) is 0 Å². The summed E-state index contributed by atoms with van der Waals surface area (Å²) >= 11 is 0. The van der Waals surface area contributed by atoms with Crippen LogP contribution < -0.4 is 24.8 Å². The molecule has 0 saturated heterocycles. The van der Waals surface area contributed by atoms with Crippen LogP contribution in [-0.4, -0.2) is 46.2 Å². The first kappa shape index (κ1) is 18.1. The SMILES string of the molecule is COc1cc(C(=O)NCCNC(=O)CC#N)cc(OC)c1OC. The Morgan fingerprint density at radius 1 is 1.04 bits per heavy atom. The van der Waals surface area contributed by atoms with Crippen molar-refractivity contribution < 1.29 is 23.8 Å². The van der Waals surface area contributed by atoms with E-state index in [4.69, 9.17) is 19.5 Å². The second-order valence-corrected chi connectivity index (χ2v) is 4.35. The van der Waals surface area contributed by atoms with Gasteiger partial charge in [-0.15, -0.1) is 0 Å². The lowest BCUT2D eigenvalue weighted by molar-refractivity contribution is -0.120. The van der Waals surface area contributed by atoms with Crippen LogP contribution in [0.15, 0.2) is 12.1 Å². The average Bonchev–Trinajstić information content (AvgIpc) is 2.57. The molecule has 0 heterocycles. The number of nitrogens with one attached hydrogen (secondary N) is 2. The van der Waals surface area contributed by atoms with Crippen LogP contribution in [-0.2, 0) is 4.79 Å². The quantitative estimate of drug-likeness (QED) is 0.674. The first-order valence-corrected chi connectivity index (χ1v) is 6.79. The van der Waals surface area contributed by atoms with Crippen LogP contribution in [0.1, 0.15) is 16.8 Å². The van der Waals surface area contributed by atoms with Gasteiger partial charge in [-0.05, 0) is 12.1 Å². The number of nitriles is 1. The number of benzene rings is 1. The highest BCUT2D eigenvalue weighted by atomic mass is 16.5. The van der Waals surface area contributed by atoms with Gasteiger partial charge >= 0.3 is 0 Å². The van der Waals surface area contributed by atoms with Gasteiger partial charge in [-0.1, -0.05) is 0 Å². The second-order valence-electron chi connectivity index (χ2n) is 4.35. The van der Waals surface area contributed by atoms with Crippen molar-refractivity contribution in [2.45, 2.75) is 6.42 Å². The molecular formula is C15H19N3O5. The van der Waals surface area contributed by atoms with Gasteiger partial charge in [0.2, 0.25) is 11.7 Å². The van der Waals surface area contributed by atoms with Crippen molar-refractivity contribution in [1.82, 2.24) is 10.6 Å². The number of rotatable bonds is 8. The monoisotopic (exact) mass is 321 g/mol. The molecule has 0 aromatic heterocycles. The van der Waals surface area contributed by atoms with Crippen molar-refractivity contribution in [3.05, 3.63) is 17.7 Å². The molecule has 0 aliphatic carbocycles. The lowest BCUT2D eigenvalue weighted by atomic mass is 10.1. The lowest BCUT2D eigenvalue weighted by Gasteiger charge is -2.14. The minimum absolute atomic E-state index is 0.208. The molecule has 8 heteroatoms. The highest BCUT2D eigenvalue weighted by molar-refractivity contribution is 5.95. The van der Waals surface area contributed by atoms with E-state index >= 15 is 0 Å². The summed E-state index contributed by atoms with van der Waals surface area (Å²) in [7, 11) is 4.40. The van der Waals surface area contributed by atoms with Crippen molar-refractivity contribution in [3.8, 4) is 23.3 Å². The predicted octanol–water partition coefficient (Wildman–Crippen LogP) is 0.472. The normalized spacial score (nSPS) is 9.48. The molecular weight excluding hydrogens is 302 g/mol. The number of carbonyl (C=O) groups is 2. The molecule has 23 heavy (non-hydrogen) atoms. The third-order valence-corrected chi connectivity index (χ3v) is 2.90. The fraction of sp³-hybridized carbons (Fsp3) is 0.400. The van der Waals surface area contributed by atoms with E-state index in [1.54, 1.807) is 6.07 Å². The Balaban J connectivity index is 2.69. The highest BCUT2D eigenvalue weighted by Gasteiger charge is 2.16. The molecule has 0 fully saturated rings. The largest absolute Gasteiger partial charge is 0.493 e. The number of ether oxygens (including phenoxy) is 3. The predicted molar refractivity (Wildman–Crippen MR) is 81.7 cm³/mol. The fourth-order valence-electron chi connectivity index (χ4n) is 1.83. The summed E-state index contributed by atoms with van der Waals surface area (Å²) in [6.07, 6.45) is -0.208. The van der Waals surface area contributed by atoms with E-state index in [2.05, 4.69) is 10.6 Å². The van der Waals surface area contributed by atoms with Crippen LogP contribution in [0.4, 0.5) is 0 Å². The van der Waals surface area contributed by atoms with Crippen LogP contribution in [0.25, 0.3) is 0 Å². The number of carbonyl (C=O) groups excluding carboxylic acids is 2. The summed E-state index contributed by atoms with van der Waals surface area (Å²) in [6, 6.07) is 4.81. The van der Waals surface area contributed by atoms with Gasteiger partial charge in [-0.3, -0.25) is 9.59 Å². The van der Waals surface area contributed by atoms with Crippen molar-refractivity contribution in [3.63, 3.8) is 0 Å². The molecule has 0 unspecified atom stereocenters. The molecule has 0 atom stereocenters. The van der Waals surface area contributed by atoms with Gasteiger partial charge in [0.05, 0.1) is 27.4 Å². The lowest BCUT2D eigenvalue weighted by Crippen LogP contribution is -2.34. The maximum Gasteiger partial charge on any atom is 0.251 e. The summed E-state index contributed by atoms with van der Waals surface area (Å²) in [5, 5.41) is 13.5. The minimum atomic E-state index is -0.380. The number of hydrogen-bond donors (Lipinski definition) is 2. The minimum Gasteiger partial charge on any atom is -0.493 e. The smallest absolute Gasteiger partial charge is 0.251 e. The zero-order chi connectivity index (χ0) is 17.2. The van der Waals surface area contributed by atoms with Gasteiger partial charge in [0.15, 0.2) is 11.5 Å². The zero-order valence-electron chi connectivity index (χ0n) is 13.3. The Kier molecular flexibility index (Phi) is 7.20. The van der Waals surface area contributed by atoms with E-state index in [1.165, 1.54) is 33.5 Å². The molecule has 0 aliphatic rings. The van der Waals surface area contributed by atoms with Crippen LogP contribution in [0.3, 0.4) is 0 Å². The highest BCUT2D eigenvalue weighted by Crippen LogP contribution is 2.38. The summed E-state index contributed by atoms with van der Waals surface area (Å²) in [5.41, 5.74) is 0.336. The van der Waals surface area contributed by atoms with Crippen LogP contribution in [0.5, 0.6) is 17.2 Å². The first-order valence-electron chi connectivity index (χ1n) is 6.79. The van der Waals surface area contributed by atoms with E-state index in [-0.39, 0.29) is 31.3 Å². The molecule has 1 aromatic rings. The van der Waals surface area contributed by atoms with Gasteiger partial charge in [0, 0.05) is 18.7 Å². The van der Waals surface area contributed by atoms with E-state index in [0.717, 1.165) is 0 Å². The van der Waals surface area contributed by atoms with Gasteiger partial charge in [-0.2, -0.15) is 5.26 Å². The Labute approximate surface area is 134 Å². The van der Waals surface area contributed by atoms with Crippen LogP contribution in [0, 0.1) is 11.3 Å². The van der Waals surface area contributed by atoms with E-state index in [9.17, 15) is 9.59 Å². The number of amides is 2. The topological polar surface area (TPSA) is 110 Å². The third kappa shape index (κ3) is 5.07. The van der Waals surface area contributed by atoms with E-state index in [1.807, 2.05) is 0 Å². The maximum absolute atomic E-state index is 12.1. The molecule has 1 aromatic carbocycles. The number of methoxy groups -OCH3 is 3. The molecule has 8 nitrogen and oxygen atoms in total. The zero-order valence-corrected chi connectivity index (χ0v) is 13.3. The third-order valence-electron chi connectivity index (χ3n) is 2.90. The fourth-order valence-corrected chi connectivity index (χ4v) is 1.83. The Hall–Kier alpha value is -2.95. The molecule has 0 radical (unpaired) electrons. The summed E-state index contributed by atoms with van der Waals surface area (Å²) < 4.78 is 15.5. The summed E-state index contributed by atoms with van der Waals surface area (Å²) in [4.78, 5) is 23.2. The Morgan fingerprint density at radius 2 is 1.61 bits per heavy atom. The van der Waals surface area contributed by atoms with Crippen LogP contribution in [0.2, 0.25) is 0 Å². The molecule has 2 N–H and O–H groups in total. The van der Waals surface area contributed by atoms with Gasteiger partial charge in [-0.25, -0.2) is 0 Å². The molecule has 1 rings (SSSR count). The van der Waals surface area contributed by atoms with Crippen LogP contribution >= 0.6 is 0 Å². The maximum atomic E-state index is 12.1. The molecule has 124 valence electrons. The van der Waals surface area contributed by atoms with Gasteiger partial charge in [0.1, 0.15) is 6.42 Å². The molecule has 0 spiro atoms. The molecule has 0 aliphatic heterocycles. The van der Waals surface area contributed by atoms with Gasteiger partial charge < -0.3 is 24.8 Å². The van der Waals surface area contributed by atoms with Gasteiger partial charge in [0.25, 0.3) is 5.91 Å². The van der Waals surface area contributed by atoms with E-state index in [0.29, 0.717) is 22.8 Å². The molecule has 0 saturated carbocycles. The average molecular weight is 321 g/mol. The number of hydrogen-bond acceptors (Lipinski definition) is 6. The molecule has 0 bridgehead atoms. The van der Waals surface area contributed by atoms with Crippen molar-refractivity contribution >= 4 is 11.8 Å². The molecule has 2 amide bonds. The van der Waals surface area contributed by atoms with E-state index < -0.39 is 0 Å². The van der Waals surface area contributed by atoms with Crippen molar-refractivity contribution in [2.75, 3.05) is 34.4 Å². The number of nitrogens with zero attached hydrogens (tertiary/aromatic N) is 1. The summed E-state index contributed by atoms with van der Waals surface area (Å²) in [6.45, 7) is 0.462. The standard InChI is InChI=1S/C15H19N3O5/c1-21-11-8-10(9-12(22-2)14(11)23-3)15(20)18-7-6-17-13(19)4-5-16/h8-9H,4,6-7H2,1-3H3,(H,17,19)(H,18,20). The Bertz CT molecular complexity index is 585. The van der Waals surface area contributed by atoms with Crippen molar-refractivity contribution in [1.29, 1.82) is 5.26 Å². The first-order chi connectivity index (χ1) is 11.1. The summed E-state index contributed by atoms with van der Waals surface area (Å²) in [5.74, 6) is 0.419. The Morgan fingerprint density at radius 3 is 2.09 bits per heavy atom. The second kappa shape index (κ2) is 9.15.